The second-order valence-corrected chi connectivity index (χ2v) is 7.08. The molecule has 0 aromatic heterocycles. The Bertz CT molecular complexity index is 658. The van der Waals surface area contributed by atoms with E-state index in [1.54, 1.807) is 19.1 Å². The first-order chi connectivity index (χ1) is 13.5. The Balaban J connectivity index is 1.79. The largest absolute Gasteiger partial charge is 0.385 e. The number of carbonyl (C=O) groups excluding carboxylic acids is 2. The van der Waals surface area contributed by atoms with Crippen molar-refractivity contribution in [3.05, 3.63) is 30.3 Å². The van der Waals surface area contributed by atoms with Crippen molar-refractivity contribution in [2.45, 2.75) is 19.3 Å². The molecule has 0 bridgehead atoms. The molecule has 0 aliphatic carbocycles. The number of nitrogens with one attached hydrogen (secondary N) is 3. The number of nitrogens with zero attached hydrogens (tertiary/aromatic N) is 2. The highest BCUT2D eigenvalue weighted by molar-refractivity contribution is 7.80. The van der Waals surface area contributed by atoms with Gasteiger partial charge in [-0.3, -0.25) is 15.2 Å². The summed E-state index contributed by atoms with van der Waals surface area (Å²) in [4.78, 5) is 26.7. The summed E-state index contributed by atoms with van der Waals surface area (Å²) in [5.41, 5.74) is 3.54. The minimum Gasteiger partial charge on any atom is -0.385 e. The number of ether oxygens (including phenoxy) is 1. The summed E-state index contributed by atoms with van der Waals surface area (Å²) in [6, 6.07) is 9.11. The molecule has 3 N–H and O–H groups in total. The lowest BCUT2D eigenvalue weighted by Gasteiger charge is -2.33. The highest BCUT2D eigenvalue weighted by Crippen LogP contribution is 2.18. The van der Waals surface area contributed by atoms with Gasteiger partial charge in [0.2, 0.25) is 5.91 Å². The Kier molecular flexibility index (Phi) is 8.96. The molecule has 9 heteroatoms. The van der Waals surface area contributed by atoms with Crippen LogP contribution in [0, 0.1) is 5.92 Å². The van der Waals surface area contributed by atoms with Gasteiger partial charge in [0, 0.05) is 46.1 Å². The number of amides is 3. The molecule has 154 valence electrons. The summed E-state index contributed by atoms with van der Waals surface area (Å²) in [6.07, 6.45) is 2.35. The number of hydrogen-bond acceptors (Lipinski definition) is 4. The van der Waals surface area contributed by atoms with Gasteiger partial charge < -0.3 is 20.3 Å². The fourth-order valence-corrected chi connectivity index (χ4v) is 3.09. The summed E-state index contributed by atoms with van der Waals surface area (Å²) in [5, 5.41) is 7.89. The summed E-state index contributed by atoms with van der Waals surface area (Å²) in [6.45, 7) is 2.34. The van der Waals surface area contributed by atoms with Gasteiger partial charge in [0.25, 0.3) is 0 Å². The number of hydrazine groups is 1. The van der Waals surface area contributed by atoms with E-state index in [1.165, 1.54) is 5.01 Å². The van der Waals surface area contributed by atoms with E-state index in [4.69, 9.17) is 17.0 Å². The number of thiocarbonyl (C=S) groups is 1. The van der Waals surface area contributed by atoms with Crippen molar-refractivity contribution in [2.75, 3.05) is 45.7 Å². The first-order valence-electron chi connectivity index (χ1n) is 9.43. The van der Waals surface area contributed by atoms with E-state index >= 15 is 0 Å². The molecule has 0 radical (unpaired) electrons. The van der Waals surface area contributed by atoms with E-state index in [1.807, 2.05) is 30.3 Å². The van der Waals surface area contributed by atoms with Crippen LogP contribution in [-0.4, -0.2) is 67.4 Å². The highest BCUT2D eigenvalue weighted by atomic mass is 32.1. The molecule has 1 aromatic rings. The maximum atomic E-state index is 12.6. The average Bonchev–Trinajstić information content (AvgIpc) is 2.71. The van der Waals surface area contributed by atoms with E-state index in [0.29, 0.717) is 31.4 Å². The summed E-state index contributed by atoms with van der Waals surface area (Å²) >= 11 is 5.27. The van der Waals surface area contributed by atoms with Crippen LogP contribution >= 0.6 is 12.2 Å². The number of piperidine rings is 1. The van der Waals surface area contributed by atoms with Gasteiger partial charge in [0.05, 0.1) is 5.92 Å². The van der Waals surface area contributed by atoms with Crippen LogP contribution in [0.4, 0.5) is 10.5 Å². The summed E-state index contributed by atoms with van der Waals surface area (Å²) < 4.78 is 4.99. The average molecular weight is 408 g/mol. The van der Waals surface area contributed by atoms with E-state index in [2.05, 4.69) is 16.1 Å². The molecule has 1 aliphatic rings. The second-order valence-electron chi connectivity index (χ2n) is 6.69. The number of hydrogen-bond donors (Lipinski definition) is 3. The fourth-order valence-electron chi connectivity index (χ4n) is 2.94. The Morgan fingerprint density at radius 1 is 1.32 bits per heavy atom. The molecule has 0 spiro atoms. The normalized spacial score (nSPS) is 16.2. The van der Waals surface area contributed by atoms with Gasteiger partial charge in [-0.25, -0.2) is 4.79 Å². The molecule has 1 atom stereocenters. The van der Waals surface area contributed by atoms with Gasteiger partial charge in [0.1, 0.15) is 0 Å². The van der Waals surface area contributed by atoms with Crippen LogP contribution in [0.3, 0.4) is 0 Å². The van der Waals surface area contributed by atoms with Crippen molar-refractivity contribution in [1.29, 1.82) is 0 Å². The SMILES string of the molecule is COCCCNC(=S)N(C)NC(=O)[C@H]1CCCN(C(=O)Nc2ccccc2)C1. The van der Waals surface area contributed by atoms with Crippen molar-refractivity contribution in [2.24, 2.45) is 5.92 Å². The number of likely N-dealkylation sites (tertiary alicyclic amines) is 1. The Labute approximate surface area is 171 Å². The number of methoxy groups -OCH3 is 1. The number of benzene rings is 1. The Morgan fingerprint density at radius 3 is 2.79 bits per heavy atom. The standard InChI is InChI=1S/C19H29N5O3S/c1-23(19(28)20-11-7-13-27-2)22-17(25)15-8-6-12-24(14-15)18(26)21-16-9-4-3-5-10-16/h3-5,9-10,15H,6-8,11-14H2,1-2H3,(H,20,28)(H,21,26)(H,22,25)/t15-/m0/s1. The maximum Gasteiger partial charge on any atom is 0.321 e. The molecule has 1 saturated heterocycles. The monoisotopic (exact) mass is 407 g/mol. The van der Waals surface area contributed by atoms with Crippen LogP contribution in [0.2, 0.25) is 0 Å². The molecule has 0 saturated carbocycles. The zero-order valence-electron chi connectivity index (χ0n) is 16.4. The van der Waals surface area contributed by atoms with Crippen LogP contribution in [0.25, 0.3) is 0 Å². The molecular weight excluding hydrogens is 378 g/mol. The third kappa shape index (κ3) is 6.97. The summed E-state index contributed by atoms with van der Waals surface area (Å²) in [7, 11) is 3.35. The molecule has 3 amide bonds. The molecule has 2 rings (SSSR count). The third-order valence-electron chi connectivity index (χ3n) is 4.49. The highest BCUT2D eigenvalue weighted by Gasteiger charge is 2.29. The minimum absolute atomic E-state index is 0.138. The van der Waals surface area contributed by atoms with Crippen molar-refractivity contribution < 1.29 is 14.3 Å². The van der Waals surface area contributed by atoms with Gasteiger partial charge in [-0.2, -0.15) is 0 Å². The van der Waals surface area contributed by atoms with Crippen molar-refractivity contribution in [3.8, 4) is 0 Å². The molecule has 28 heavy (non-hydrogen) atoms. The molecular formula is C19H29N5O3S. The summed E-state index contributed by atoms with van der Waals surface area (Å²) in [5.74, 6) is -0.408. The lowest BCUT2D eigenvalue weighted by atomic mass is 9.97. The zero-order chi connectivity index (χ0) is 20.4. The Hall–Kier alpha value is -2.39. The van der Waals surface area contributed by atoms with E-state index in [0.717, 1.165) is 24.9 Å². The topological polar surface area (TPSA) is 85.9 Å². The first-order valence-corrected chi connectivity index (χ1v) is 9.84. The van der Waals surface area contributed by atoms with Crippen LogP contribution < -0.4 is 16.1 Å². The van der Waals surface area contributed by atoms with E-state index < -0.39 is 0 Å². The minimum atomic E-state index is -0.269. The second kappa shape index (κ2) is 11.5. The van der Waals surface area contributed by atoms with E-state index in [9.17, 15) is 9.59 Å². The van der Waals surface area contributed by atoms with Gasteiger partial charge in [-0.15, -0.1) is 0 Å². The molecule has 1 aliphatic heterocycles. The van der Waals surface area contributed by atoms with Crippen molar-refractivity contribution in [1.82, 2.24) is 20.7 Å². The van der Waals surface area contributed by atoms with Gasteiger partial charge >= 0.3 is 6.03 Å². The number of para-hydroxylation sites is 1. The van der Waals surface area contributed by atoms with Crippen LogP contribution in [0.1, 0.15) is 19.3 Å². The number of carbonyl (C=O) groups is 2. The van der Waals surface area contributed by atoms with Crippen molar-refractivity contribution >= 4 is 35.0 Å². The molecule has 0 unspecified atom stereocenters. The zero-order valence-corrected chi connectivity index (χ0v) is 17.3. The molecule has 8 nitrogen and oxygen atoms in total. The number of urea groups is 1. The Morgan fingerprint density at radius 2 is 2.07 bits per heavy atom. The van der Waals surface area contributed by atoms with Gasteiger partial charge in [0.15, 0.2) is 5.11 Å². The third-order valence-corrected chi connectivity index (χ3v) is 4.91. The number of anilines is 1. The fraction of sp³-hybridized carbons (Fsp3) is 0.526. The lowest BCUT2D eigenvalue weighted by Crippen LogP contribution is -2.53. The number of rotatable bonds is 6. The maximum absolute atomic E-state index is 12.6. The molecule has 1 fully saturated rings. The molecule has 1 heterocycles. The quantitative estimate of drug-likeness (QED) is 0.379. The van der Waals surface area contributed by atoms with E-state index in [-0.39, 0.29) is 17.9 Å². The van der Waals surface area contributed by atoms with Crippen LogP contribution in [-0.2, 0) is 9.53 Å². The molecule has 1 aromatic carbocycles. The lowest BCUT2D eigenvalue weighted by molar-refractivity contribution is -0.129. The predicted molar refractivity (Wildman–Crippen MR) is 113 cm³/mol. The van der Waals surface area contributed by atoms with Crippen LogP contribution in [0.15, 0.2) is 30.3 Å². The van der Waals surface area contributed by atoms with Gasteiger partial charge in [-0.1, -0.05) is 18.2 Å². The predicted octanol–water partition coefficient (Wildman–Crippen LogP) is 1.80. The van der Waals surface area contributed by atoms with Gasteiger partial charge in [-0.05, 0) is 43.6 Å². The smallest absolute Gasteiger partial charge is 0.321 e. The first kappa shape index (κ1) is 21.9. The van der Waals surface area contributed by atoms with Crippen molar-refractivity contribution in [3.63, 3.8) is 0 Å². The van der Waals surface area contributed by atoms with Crippen LogP contribution in [0.5, 0.6) is 0 Å².